The van der Waals surface area contributed by atoms with E-state index in [2.05, 4.69) is 4.98 Å². The molecule has 0 amide bonds. The van der Waals surface area contributed by atoms with Crippen LogP contribution in [0.5, 0.6) is 0 Å². The molecular formula is C24H17NO. The summed E-state index contributed by atoms with van der Waals surface area (Å²) in [7, 11) is 0. The Morgan fingerprint density at radius 1 is 0.769 bits per heavy atom. The maximum atomic E-state index is 8.63. The predicted molar refractivity (Wildman–Crippen MR) is 106 cm³/mol. The Balaban J connectivity index is 1.68. The number of hydrogen-bond donors (Lipinski definition) is 0. The van der Waals surface area contributed by atoms with E-state index in [9.17, 15) is 0 Å². The van der Waals surface area contributed by atoms with Gasteiger partial charge in [-0.3, -0.25) is 4.98 Å². The molecule has 5 aromatic rings. The summed E-state index contributed by atoms with van der Waals surface area (Å²) in [5.41, 5.74) is 4.35. The Hall–Kier alpha value is -3.39. The first-order chi connectivity index (χ1) is 13.6. The van der Waals surface area contributed by atoms with Gasteiger partial charge < -0.3 is 4.42 Å². The first-order valence-corrected chi connectivity index (χ1v) is 8.57. The molecule has 0 saturated carbocycles. The molecule has 2 aromatic heterocycles. The maximum Gasteiger partial charge on any atom is 0.144 e. The molecule has 0 aliphatic heterocycles. The van der Waals surface area contributed by atoms with E-state index in [4.69, 9.17) is 7.16 Å². The first kappa shape index (κ1) is 12.9. The van der Waals surface area contributed by atoms with E-state index >= 15 is 0 Å². The summed E-state index contributed by atoms with van der Waals surface area (Å²) in [6.07, 6.45) is 0.0493. The van der Waals surface area contributed by atoms with Gasteiger partial charge in [-0.2, -0.15) is 0 Å². The molecule has 0 spiro atoms. The summed E-state index contributed by atoms with van der Waals surface area (Å²) >= 11 is 0. The zero-order valence-electron chi connectivity index (χ0n) is 16.0. The van der Waals surface area contributed by atoms with Crippen LogP contribution >= 0.6 is 0 Å². The van der Waals surface area contributed by atoms with Gasteiger partial charge in [0.1, 0.15) is 11.2 Å². The number of rotatable bonds is 3. The van der Waals surface area contributed by atoms with Crippen molar-refractivity contribution in [2.45, 2.75) is 6.37 Å². The second-order valence-corrected chi connectivity index (χ2v) is 6.20. The van der Waals surface area contributed by atoms with Crippen LogP contribution in [0.4, 0.5) is 0 Å². The van der Waals surface area contributed by atoms with Crippen molar-refractivity contribution in [2.24, 2.45) is 0 Å². The Morgan fingerprint density at radius 2 is 1.58 bits per heavy atom. The topological polar surface area (TPSA) is 26.0 Å². The second-order valence-electron chi connectivity index (χ2n) is 6.20. The Kier molecular flexibility index (Phi) is 3.06. The third kappa shape index (κ3) is 2.56. The van der Waals surface area contributed by atoms with E-state index in [-0.39, 0.29) is 0 Å². The van der Waals surface area contributed by atoms with Crippen molar-refractivity contribution in [3.8, 4) is 11.3 Å². The van der Waals surface area contributed by atoms with Gasteiger partial charge in [-0.05, 0) is 41.8 Å². The zero-order valence-corrected chi connectivity index (χ0v) is 14.0. The molecular weight excluding hydrogens is 318 g/mol. The van der Waals surface area contributed by atoms with Gasteiger partial charge in [0.2, 0.25) is 0 Å². The normalized spacial score (nSPS) is 12.9. The van der Waals surface area contributed by atoms with E-state index in [0.29, 0.717) is 16.8 Å². The highest BCUT2D eigenvalue weighted by atomic mass is 16.3. The predicted octanol–water partition coefficient (Wildman–Crippen LogP) is 6.24. The summed E-state index contributed by atoms with van der Waals surface area (Å²) < 4.78 is 23.4. The molecule has 0 aliphatic rings. The number of aromatic nitrogens is 1. The molecule has 0 aliphatic carbocycles. The van der Waals surface area contributed by atoms with Crippen LogP contribution in [0.25, 0.3) is 33.2 Å². The number of pyridine rings is 1. The molecule has 0 radical (unpaired) electrons. The fraction of sp³-hybridized carbons (Fsp3) is 0.0417. The number of hydrogen-bond acceptors (Lipinski definition) is 2. The van der Waals surface area contributed by atoms with Gasteiger partial charge in [0.05, 0.1) is 5.69 Å². The second kappa shape index (κ2) is 6.16. The molecule has 0 unspecified atom stereocenters. The third-order valence-corrected chi connectivity index (χ3v) is 4.50. The SMILES string of the molecule is [2H]C([2H])(c1ccccc1)c1ccnc(-c2cccc3c2oc2ccccc23)c1. The lowest BCUT2D eigenvalue weighted by molar-refractivity contribution is 0.670. The van der Waals surface area contributed by atoms with Crippen molar-refractivity contribution in [1.82, 2.24) is 4.98 Å². The lowest BCUT2D eigenvalue weighted by atomic mass is 10.0. The Morgan fingerprint density at radius 3 is 2.50 bits per heavy atom. The van der Waals surface area contributed by atoms with Crippen LogP contribution in [-0.2, 0) is 6.37 Å². The van der Waals surface area contributed by atoms with Crippen molar-refractivity contribution in [2.75, 3.05) is 0 Å². The smallest absolute Gasteiger partial charge is 0.144 e. The molecule has 3 aromatic carbocycles. The van der Waals surface area contributed by atoms with Crippen molar-refractivity contribution < 1.29 is 7.16 Å². The molecule has 2 heteroatoms. The highest BCUT2D eigenvalue weighted by Crippen LogP contribution is 2.35. The Labute approximate surface area is 154 Å². The molecule has 0 atom stereocenters. The molecule has 124 valence electrons. The van der Waals surface area contributed by atoms with Gasteiger partial charge >= 0.3 is 0 Å². The van der Waals surface area contributed by atoms with Gasteiger partial charge in [0, 0.05) is 25.3 Å². The minimum absolute atomic E-state index is 0.566. The van der Waals surface area contributed by atoms with Crippen LogP contribution in [0.15, 0.2) is 95.5 Å². The van der Waals surface area contributed by atoms with Crippen LogP contribution in [-0.4, -0.2) is 4.98 Å². The fourth-order valence-corrected chi connectivity index (χ4v) is 3.29. The monoisotopic (exact) mass is 337 g/mol. The maximum absolute atomic E-state index is 8.63. The number of fused-ring (bicyclic) bond motifs is 3. The molecule has 0 bridgehead atoms. The summed E-state index contributed by atoms with van der Waals surface area (Å²) in [4.78, 5) is 4.51. The van der Waals surface area contributed by atoms with E-state index in [1.54, 1.807) is 24.4 Å². The minimum Gasteiger partial charge on any atom is -0.455 e. The Bertz CT molecular complexity index is 1290. The average molecular weight is 337 g/mol. The highest BCUT2D eigenvalue weighted by molar-refractivity contribution is 6.09. The summed E-state index contributed by atoms with van der Waals surface area (Å²) in [6.45, 7) is 0. The molecule has 0 saturated heterocycles. The molecule has 0 N–H and O–H groups in total. The molecule has 2 nitrogen and oxygen atoms in total. The lowest BCUT2D eigenvalue weighted by Gasteiger charge is -2.06. The minimum atomic E-state index is -1.61. The van der Waals surface area contributed by atoms with Crippen molar-refractivity contribution >= 4 is 21.9 Å². The molecule has 26 heavy (non-hydrogen) atoms. The van der Waals surface area contributed by atoms with Gasteiger partial charge in [0.15, 0.2) is 0 Å². The van der Waals surface area contributed by atoms with Gasteiger partial charge in [0.25, 0.3) is 0 Å². The summed E-state index contributed by atoms with van der Waals surface area (Å²) in [5.74, 6) is 0. The van der Waals surface area contributed by atoms with Gasteiger partial charge in [-0.25, -0.2) is 0 Å². The number of para-hydroxylation sites is 2. The van der Waals surface area contributed by atoms with Crippen LogP contribution in [0.3, 0.4) is 0 Å². The van der Waals surface area contributed by atoms with Crippen molar-refractivity contribution in [3.63, 3.8) is 0 Å². The lowest BCUT2D eigenvalue weighted by Crippen LogP contribution is -1.91. The standard InChI is InChI=1S/C24H17NO/c1-2-7-17(8-3-1)15-18-13-14-25-22(16-18)21-11-6-10-20-19-9-4-5-12-23(19)26-24(20)21/h1-14,16H,15H2/i15D2. The molecule has 2 heterocycles. The van der Waals surface area contributed by atoms with E-state index in [1.165, 1.54) is 0 Å². The zero-order chi connectivity index (χ0) is 19.1. The molecule has 0 fully saturated rings. The third-order valence-electron chi connectivity index (χ3n) is 4.50. The first-order valence-electron chi connectivity index (χ1n) is 9.57. The fourth-order valence-electron chi connectivity index (χ4n) is 3.29. The summed E-state index contributed by atoms with van der Waals surface area (Å²) in [5, 5.41) is 2.10. The van der Waals surface area contributed by atoms with Crippen LogP contribution in [0.2, 0.25) is 0 Å². The number of benzene rings is 3. The summed E-state index contributed by atoms with van der Waals surface area (Å²) in [6, 6.07) is 26.7. The molecule has 5 rings (SSSR count). The van der Waals surface area contributed by atoms with E-state index in [1.807, 2.05) is 66.7 Å². The van der Waals surface area contributed by atoms with Gasteiger partial charge in [-0.1, -0.05) is 60.7 Å². The number of nitrogens with zero attached hydrogens (tertiary/aromatic N) is 1. The van der Waals surface area contributed by atoms with Crippen LogP contribution < -0.4 is 0 Å². The number of furan rings is 1. The highest BCUT2D eigenvalue weighted by Gasteiger charge is 2.12. The quantitative estimate of drug-likeness (QED) is 0.389. The van der Waals surface area contributed by atoms with Gasteiger partial charge in [-0.15, -0.1) is 0 Å². The van der Waals surface area contributed by atoms with Crippen LogP contribution in [0, 0.1) is 0 Å². The average Bonchev–Trinajstić information content (AvgIpc) is 3.13. The van der Waals surface area contributed by atoms with E-state index in [0.717, 1.165) is 27.5 Å². The van der Waals surface area contributed by atoms with E-state index < -0.39 is 6.37 Å². The van der Waals surface area contributed by atoms with Crippen LogP contribution in [0.1, 0.15) is 13.9 Å². The largest absolute Gasteiger partial charge is 0.455 e. The van der Waals surface area contributed by atoms with Crippen molar-refractivity contribution in [1.29, 1.82) is 0 Å². The van der Waals surface area contributed by atoms with Crippen molar-refractivity contribution in [3.05, 3.63) is 102 Å².